The van der Waals surface area contributed by atoms with Crippen LogP contribution in [0.4, 0.5) is 5.69 Å². The quantitative estimate of drug-likeness (QED) is 0.725. The Hall–Kier alpha value is -1.74. The summed E-state index contributed by atoms with van der Waals surface area (Å²) in [5.41, 5.74) is -0.0993. The Bertz CT molecular complexity index is 740. The highest BCUT2D eigenvalue weighted by atomic mass is 32.2. The lowest BCUT2D eigenvalue weighted by molar-refractivity contribution is -0.143. The van der Waals surface area contributed by atoms with Crippen LogP contribution in [-0.2, 0) is 14.8 Å². The van der Waals surface area contributed by atoms with Gasteiger partial charge in [-0.3, -0.25) is 9.52 Å². The molecule has 9 heteroatoms. The number of carboxylic acid groups (broad SMARTS) is 1. The zero-order valence-electron chi connectivity index (χ0n) is 12.8. The van der Waals surface area contributed by atoms with Crippen molar-refractivity contribution in [3.05, 3.63) is 29.3 Å². The normalized spacial score (nSPS) is 21.0. The lowest BCUT2D eigenvalue weighted by atomic mass is 9.98. The van der Waals surface area contributed by atoms with Crippen LogP contribution in [0.3, 0.4) is 0 Å². The summed E-state index contributed by atoms with van der Waals surface area (Å²) < 4.78 is 25.1. The van der Waals surface area contributed by atoms with E-state index in [2.05, 4.69) is 10.0 Å². The average molecular weight is 358 g/mol. The smallest absolute Gasteiger partial charge is 0.330 e. The molecule has 0 radical (unpaired) electrons. The van der Waals surface area contributed by atoms with E-state index >= 15 is 0 Å². The molecule has 2 rings (SSSR count). The predicted octanol–water partition coefficient (Wildman–Crippen LogP) is 1.06. The van der Waals surface area contributed by atoms with Crippen LogP contribution in [0.15, 0.2) is 18.2 Å². The summed E-state index contributed by atoms with van der Waals surface area (Å²) in [6.45, 7) is 1.71. The second kappa shape index (κ2) is 6.40. The first-order valence-corrected chi connectivity index (χ1v) is 9.90. The van der Waals surface area contributed by atoms with E-state index in [-0.39, 0.29) is 5.56 Å². The third-order valence-electron chi connectivity index (χ3n) is 3.58. The number of sulfonamides is 1. The Morgan fingerprint density at radius 2 is 2.04 bits per heavy atom. The number of thioether (sulfide) groups is 1. The van der Waals surface area contributed by atoms with Gasteiger partial charge in [0.2, 0.25) is 10.0 Å². The van der Waals surface area contributed by atoms with Crippen molar-refractivity contribution in [3.8, 4) is 0 Å². The van der Waals surface area contributed by atoms with Gasteiger partial charge in [-0.2, -0.15) is 11.8 Å². The fourth-order valence-corrected chi connectivity index (χ4v) is 4.19. The third kappa shape index (κ3) is 4.17. The summed E-state index contributed by atoms with van der Waals surface area (Å²) in [6, 6.07) is 4.55. The van der Waals surface area contributed by atoms with E-state index < -0.39 is 27.4 Å². The number of carboxylic acids is 1. The lowest BCUT2D eigenvalue weighted by Gasteiger charge is -2.24. The maximum atomic E-state index is 12.4. The van der Waals surface area contributed by atoms with Crippen molar-refractivity contribution in [1.82, 2.24) is 5.32 Å². The van der Waals surface area contributed by atoms with Gasteiger partial charge in [-0.05, 0) is 36.8 Å². The van der Waals surface area contributed by atoms with Gasteiger partial charge >= 0.3 is 5.97 Å². The van der Waals surface area contributed by atoms with Gasteiger partial charge in [-0.1, -0.05) is 6.07 Å². The summed E-state index contributed by atoms with van der Waals surface area (Å²) in [5.74, 6) is -0.612. The Balaban J connectivity index is 2.26. The summed E-state index contributed by atoms with van der Waals surface area (Å²) in [6.07, 6.45) is 1.38. The highest BCUT2D eigenvalue weighted by Crippen LogP contribution is 2.29. The van der Waals surface area contributed by atoms with Crippen LogP contribution in [0.5, 0.6) is 0 Å². The first-order chi connectivity index (χ1) is 10.6. The van der Waals surface area contributed by atoms with Gasteiger partial charge in [0.1, 0.15) is 5.54 Å². The molecule has 0 bridgehead atoms. The molecule has 1 fully saturated rings. The number of amides is 1. The Morgan fingerprint density at radius 1 is 1.35 bits per heavy atom. The van der Waals surface area contributed by atoms with Gasteiger partial charge in [0.25, 0.3) is 5.91 Å². The fraction of sp³-hybridized carbons (Fsp3) is 0.429. The Kier molecular flexibility index (Phi) is 4.90. The van der Waals surface area contributed by atoms with Crippen molar-refractivity contribution >= 4 is 39.3 Å². The molecular formula is C14H18N2O5S2. The molecule has 1 aromatic carbocycles. The fourth-order valence-electron chi connectivity index (χ4n) is 2.25. The highest BCUT2D eigenvalue weighted by molar-refractivity contribution is 7.99. The van der Waals surface area contributed by atoms with Gasteiger partial charge in [0.05, 0.1) is 11.9 Å². The predicted molar refractivity (Wildman–Crippen MR) is 89.4 cm³/mol. The summed E-state index contributed by atoms with van der Waals surface area (Å²) in [4.78, 5) is 23.9. The summed E-state index contributed by atoms with van der Waals surface area (Å²) in [5, 5.41) is 12.0. The molecule has 1 aliphatic heterocycles. The summed E-state index contributed by atoms with van der Waals surface area (Å²) in [7, 11) is -3.47. The minimum absolute atomic E-state index is 0.208. The molecule has 0 spiro atoms. The zero-order valence-corrected chi connectivity index (χ0v) is 14.4. The van der Waals surface area contributed by atoms with Crippen molar-refractivity contribution in [2.75, 3.05) is 22.5 Å². The van der Waals surface area contributed by atoms with Crippen LogP contribution in [0.1, 0.15) is 22.3 Å². The van der Waals surface area contributed by atoms with Gasteiger partial charge < -0.3 is 10.4 Å². The number of aliphatic carboxylic acids is 1. The zero-order chi connectivity index (χ0) is 17.3. The topological polar surface area (TPSA) is 113 Å². The SMILES string of the molecule is Cc1ccc(C(=O)NC2(C(=O)O)CCSC2)cc1NS(C)(=O)=O. The second-order valence-electron chi connectivity index (χ2n) is 5.55. The largest absolute Gasteiger partial charge is 0.479 e. The van der Waals surface area contributed by atoms with Gasteiger partial charge in [0, 0.05) is 11.3 Å². The van der Waals surface area contributed by atoms with Crippen LogP contribution in [0, 0.1) is 6.92 Å². The van der Waals surface area contributed by atoms with Crippen molar-refractivity contribution in [1.29, 1.82) is 0 Å². The van der Waals surface area contributed by atoms with Gasteiger partial charge in [-0.15, -0.1) is 0 Å². The van der Waals surface area contributed by atoms with Crippen molar-refractivity contribution < 1.29 is 23.1 Å². The number of hydrogen-bond acceptors (Lipinski definition) is 5. The molecule has 3 N–H and O–H groups in total. The van der Waals surface area contributed by atoms with Crippen LogP contribution < -0.4 is 10.0 Å². The second-order valence-corrected chi connectivity index (χ2v) is 8.40. The number of rotatable bonds is 5. The number of anilines is 1. The monoisotopic (exact) mass is 358 g/mol. The van der Waals surface area contributed by atoms with Crippen molar-refractivity contribution in [2.45, 2.75) is 18.9 Å². The summed E-state index contributed by atoms with van der Waals surface area (Å²) >= 11 is 1.47. The number of hydrogen-bond donors (Lipinski definition) is 3. The first kappa shape index (κ1) is 17.6. The molecule has 126 valence electrons. The molecule has 1 unspecified atom stereocenters. The number of nitrogens with one attached hydrogen (secondary N) is 2. The Labute approximate surface area is 138 Å². The number of aryl methyl sites for hydroxylation is 1. The molecular weight excluding hydrogens is 340 g/mol. The van der Waals surface area contributed by atoms with Crippen LogP contribution in [0.2, 0.25) is 0 Å². The molecule has 1 heterocycles. The molecule has 23 heavy (non-hydrogen) atoms. The molecule has 1 amide bonds. The maximum absolute atomic E-state index is 12.4. The van der Waals surface area contributed by atoms with Crippen LogP contribution in [-0.4, -0.2) is 48.7 Å². The molecule has 0 saturated carbocycles. The van der Waals surface area contributed by atoms with E-state index in [0.717, 1.165) is 6.26 Å². The van der Waals surface area contributed by atoms with E-state index in [1.165, 1.54) is 23.9 Å². The van der Waals surface area contributed by atoms with Crippen LogP contribution in [0.25, 0.3) is 0 Å². The first-order valence-electron chi connectivity index (χ1n) is 6.85. The van der Waals surface area contributed by atoms with E-state index in [1.807, 2.05) is 0 Å². The molecule has 1 atom stereocenters. The number of carbonyl (C=O) groups excluding carboxylic acids is 1. The van der Waals surface area contributed by atoms with Crippen molar-refractivity contribution in [3.63, 3.8) is 0 Å². The van der Waals surface area contributed by atoms with E-state index in [0.29, 0.717) is 29.2 Å². The molecule has 1 aliphatic rings. The maximum Gasteiger partial charge on any atom is 0.330 e. The van der Waals surface area contributed by atoms with Crippen LogP contribution >= 0.6 is 11.8 Å². The minimum atomic E-state index is -3.47. The third-order valence-corrected chi connectivity index (χ3v) is 5.36. The number of benzene rings is 1. The average Bonchev–Trinajstić information content (AvgIpc) is 2.89. The van der Waals surface area contributed by atoms with Gasteiger partial charge in [-0.25, -0.2) is 13.2 Å². The van der Waals surface area contributed by atoms with E-state index in [1.54, 1.807) is 13.0 Å². The highest BCUT2D eigenvalue weighted by Gasteiger charge is 2.43. The van der Waals surface area contributed by atoms with E-state index in [4.69, 9.17) is 0 Å². The standard InChI is InChI=1S/C14H18N2O5S2/c1-9-3-4-10(7-11(9)16-23(2,20)21)12(17)15-14(13(18)19)5-6-22-8-14/h3-4,7,16H,5-6,8H2,1-2H3,(H,15,17)(H,18,19). The lowest BCUT2D eigenvalue weighted by Crippen LogP contribution is -2.54. The molecule has 1 aromatic rings. The van der Waals surface area contributed by atoms with Gasteiger partial charge in [0.15, 0.2) is 0 Å². The van der Waals surface area contributed by atoms with E-state index in [9.17, 15) is 23.1 Å². The van der Waals surface area contributed by atoms with Crippen molar-refractivity contribution in [2.24, 2.45) is 0 Å². The molecule has 0 aliphatic carbocycles. The number of carbonyl (C=O) groups is 2. The molecule has 0 aromatic heterocycles. The molecule has 7 nitrogen and oxygen atoms in total. The minimum Gasteiger partial charge on any atom is -0.479 e. The Morgan fingerprint density at radius 3 is 2.57 bits per heavy atom. The molecule has 1 saturated heterocycles.